The van der Waals surface area contributed by atoms with Crippen molar-refractivity contribution < 1.29 is 24.1 Å². The lowest BCUT2D eigenvalue weighted by atomic mass is 9.68. The van der Waals surface area contributed by atoms with Crippen molar-refractivity contribution in [2.24, 2.45) is 5.92 Å². The number of hydrogen-bond acceptors (Lipinski definition) is 5. The molecule has 1 amide bonds. The summed E-state index contributed by atoms with van der Waals surface area (Å²) >= 11 is 0. The number of phenolic OH excluding ortho intramolecular Hbond substituents is 1. The first-order chi connectivity index (χ1) is 15.4. The van der Waals surface area contributed by atoms with Crippen LogP contribution in [0.25, 0.3) is 0 Å². The number of carbonyl (C=O) groups excluding carboxylic acids is 1. The molecule has 0 saturated carbocycles. The Balaban J connectivity index is 1.66. The molecule has 3 aliphatic heterocycles. The zero-order chi connectivity index (χ0) is 24.0. The summed E-state index contributed by atoms with van der Waals surface area (Å²) in [5.74, 6) is 0.970. The molecule has 3 aliphatic rings. The summed E-state index contributed by atoms with van der Waals surface area (Å²) in [6.07, 6.45) is 6.25. The highest BCUT2D eigenvalue weighted by molar-refractivity contribution is 5.70. The van der Waals surface area contributed by atoms with Gasteiger partial charge in [-0.2, -0.15) is 0 Å². The van der Waals surface area contributed by atoms with E-state index in [0.717, 1.165) is 37.7 Å². The Hall–Kier alpha value is -2.21. The molecule has 182 valence electrons. The largest absolute Gasteiger partial charge is 0.508 e. The molecule has 2 saturated heterocycles. The van der Waals surface area contributed by atoms with Crippen LogP contribution in [0.1, 0.15) is 85.3 Å². The van der Waals surface area contributed by atoms with Gasteiger partial charge in [0, 0.05) is 24.1 Å². The Kier molecular flexibility index (Phi) is 6.19. The summed E-state index contributed by atoms with van der Waals surface area (Å²) in [5, 5.41) is 10.1. The van der Waals surface area contributed by atoms with Crippen LogP contribution in [0.5, 0.6) is 11.5 Å². The SMILES string of the molecule is CC(C)=CCC[C@]1(C)Oc2cc(O)ccc2[C@H]2OCC3(CCCN3C(=O)OC(C)(C)C)C[C@@H]21. The van der Waals surface area contributed by atoms with Crippen LogP contribution in [-0.4, -0.2) is 46.0 Å². The number of ether oxygens (including phenoxy) is 3. The number of hydrogen-bond donors (Lipinski definition) is 1. The molecule has 4 rings (SSSR count). The van der Waals surface area contributed by atoms with Gasteiger partial charge in [0.2, 0.25) is 0 Å². The molecule has 0 bridgehead atoms. The van der Waals surface area contributed by atoms with Gasteiger partial charge in [-0.1, -0.05) is 11.6 Å². The number of fused-ring (bicyclic) bond motifs is 3. The second kappa shape index (κ2) is 8.53. The minimum Gasteiger partial charge on any atom is -0.508 e. The predicted octanol–water partition coefficient (Wildman–Crippen LogP) is 6.14. The summed E-state index contributed by atoms with van der Waals surface area (Å²) in [6.45, 7) is 13.3. The van der Waals surface area contributed by atoms with Crippen LogP contribution in [-0.2, 0) is 9.47 Å². The lowest BCUT2D eigenvalue weighted by Crippen LogP contribution is -2.60. The number of amides is 1. The van der Waals surface area contributed by atoms with Gasteiger partial charge in [-0.25, -0.2) is 4.79 Å². The van der Waals surface area contributed by atoms with Crippen molar-refractivity contribution in [2.75, 3.05) is 13.2 Å². The van der Waals surface area contributed by atoms with E-state index in [2.05, 4.69) is 26.8 Å². The first kappa shape index (κ1) is 23.9. The number of rotatable bonds is 3. The number of benzene rings is 1. The van der Waals surface area contributed by atoms with Gasteiger partial charge in [0.15, 0.2) is 0 Å². The van der Waals surface area contributed by atoms with Crippen molar-refractivity contribution in [3.05, 3.63) is 35.4 Å². The van der Waals surface area contributed by atoms with Crippen LogP contribution in [0, 0.1) is 5.92 Å². The molecule has 0 radical (unpaired) electrons. The standard InChI is InChI=1S/C27H39NO5/c1-18(2)9-7-12-26(6)21-16-27(13-8-14-28(27)24(30)33-25(3,4)5)17-31-23(21)20-11-10-19(29)15-22(20)32-26/h9-11,15,21,23,29H,7-8,12-14,16-17H2,1-6H3/t21-,23+,26-,27?/m0/s1. The van der Waals surface area contributed by atoms with Crippen molar-refractivity contribution in [2.45, 2.75) is 96.5 Å². The van der Waals surface area contributed by atoms with Gasteiger partial charge in [-0.3, -0.25) is 0 Å². The molecular weight excluding hydrogens is 418 g/mol. The fourth-order valence-corrected chi connectivity index (χ4v) is 5.74. The highest BCUT2D eigenvalue weighted by Crippen LogP contribution is 2.55. The number of nitrogens with zero attached hydrogens (tertiary/aromatic N) is 1. The Labute approximate surface area is 197 Å². The van der Waals surface area contributed by atoms with Crippen molar-refractivity contribution in [3.63, 3.8) is 0 Å². The van der Waals surface area contributed by atoms with E-state index in [4.69, 9.17) is 14.2 Å². The number of carbonyl (C=O) groups is 1. The Bertz CT molecular complexity index is 931. The van der Waals surface area contributed by atoms with Crippen molar-refractivity contribution in [3.8, 4) is 11.5 Å². The molecule has 1 N–H and O–H groups in total. The van der Waals surface area contributed by atoms with Gasteiger partial charge in [0.1, 0.15) is 22.7 Å². The van der Waals surface area contributed by atoms with Crippen molar-refractivity contribution >= 4 is 6.09 Å². The van der Waals surface area contributed by atoms with Crippen molar-refractivity contribution in [1.29, 1.82) is 0 Å². The van der Waals surface area contributed by atoms with Crippen LogP contribution in [0.4, 0.5) is 4.79 Å². The van der Waals surface area contributed by atoms with E-state index < -0.39 is 11.2 Å². The van der Waals surface area contributed by atoms with E-state index in [1.54, 1.807) is 12.1 Å². The smallest absolute Gasteiger partial charge is 0.410 e. The van der Waals surface area contributed by atoms with Gasteiger partial charge in [-0.15, -0.1) is 0 Å². The first-order valence-electron chi connectivity index (χ1n) is 12.2. The zero-order valence-corrected chi connectivity index (χ0v) is 20.9. The Morgan fingerprint density at radius 2 is 2.09 bits per heavy atom. The van der Waals surface area contributed by atoms with Gasteiger partial charge in [-0.05, 0) is 85.8 Å². The third kappa shape index (κ3) is 4.72. The first-order valence-corrected chi connectivity index (χ1v) is 12.2. The maximum atomic E-state index is 13.1. The molecule has 2 fully saturated rings. The van der Waals surface area contributed by atoms with Crippen LogP contribution in [0.3, 0.4) is 0 Å². The van der Waals surface area contributed by atoms with E-state index in [1.165, 1.54) is 5.57 Å². The Morgan fingerprint density at radius 3 is 2.79 bits per heavy atom. The van der Waals surface area contributed by atoms with E-state index in [9.17, 15) is 9.90 Å². The predicted molar refractivity (Wildman–Crippen MR) is 128 cm³/mol. The molecule has 1 unspecified atom stereocenters. The van der Waals surface area contributed by atoms with E-state index in [1.807, 2.05) is 31.7 Å². The average molecular weight is 458 g/mol. The molecule has 1 spiro atoms. The summed E-state index contributed by atoms with van der Waals surface area (Å²) < 4.78 is 19.0. The zero-order valence-electron chi connectivity index (χ0n) is 20.9. The molecule has 4 atom stereocenters. The highest BCUT2D eigenvalue weighted by Gasteiger charge is 2.57. The molecule has 0 aromatic heterocycles. The molecule has 33 heavy (non-hydrogen) atoms. The summed E-state index contributed by atoms with van der Waals surface area (Å²) in [4.78, 5) is 15.0. The lowest BCUT2D eigenvalue weighted by Gasteiger charge is -2.54. The highest BCUT2D eigenvalue weighted by atomic mass is 16.6. The number of likely N-dealkylation sites (tertiary alicyclic amines) is 1. The molecule has 0 aliphatic carbocycles. The quantitative estimate of drug-likeness (QED) is 0.553. The molecule has 3 heterocycles. The minimum atomic E-state index is -0.535. The van der Waals surface area contributed by atoms with Crippen LogP contribution in [0.2, 0.25) is 0 Å². The lowest BCUT2D eigenvalue weighted by molar-refractivity contribution is -0.170. The molecule has 6 heteroatoms. The second-order valence-corrected chi connectivity index (χ2v) is 11.5. The summed E-state index contributed by atoms with van der Waals surface area (Å²) in [5.41, 5.74) is 0.875. The Morgan fingerprint density at radius 1 is 1.33 bits per heavy atom. The minimum absolute atomic E-state index is 0.0805. The molecule has 6 nitrogen and oxygen atoms in total. The monoisotopic (exact) mass is 457 g/mol. The van der Waals surface area contributed by atoms with E-state index >= 15 is 0 Å². The van der Waals surface area contributed by atoms with Gasteiger partial charge in [0.05, 0.1) is 18.2 Å². The molecular formula is C27H39NO5. The number of phenols is 1. The maximum absolute atomic E-state index is 13.1. The fraction of sp³-hybridized carbons (Fsp3) is 0.667. The van der Waals surface area contributed by atoms with Gasteiger partial charge < -0.3 is 24.2 Å². The van der Waals surface area contributed by atoms with E-state index in [0.29, 0.717) is 18.9 Å². The van der Waals surface area contributed by atoms with Crippen LogP contribution in [0.15, 0.2) is 29.8 Å². The maximum Gasteiger partial charge on any atom is 0.410 e. The molecule has 1 aromatic rings. The average Bonchev–Trinajstić information content (AvgIpc) is 3.09. The van der Waals surface area contributed by atoms with Crippen LogP contribution < -0.4 is 4.74 Å². The number of aromatic hydroxyl groups is 1. The van der Waals surface area contributed by atoms with Gasteiger partial charge >= 0.3 is 6.09 Å². The summed E-state index contributed by atoms with van der Waals surface area (Å²) in [7, 11) is 0. The topological polar surface area (TPSA) is 68.2 Å². The molecule has 1 aromatic carbocycles. The van der Waals surface area contributed by atoms with Crippen molar-refractivity contribution in [1.82, 2.24) is 4.90 Å². The normalized spacial score (nSPS) is 30.9. The third-order valence-corrected chi connectivity index (χ3v) is 7.33. The third-order valence-electron chi connectivity index (χ3n) is 7.33. The fourth-order valence-electron chi connectivity index (χ4n) is 5.74. The number of allylic oxidation sites excluding steroid dienone is 2. The second-order valence-electron chi connectivity index (χ2n) is 11.5. The van der Waals surface area contributed by atoms with Crippen LogP contribution >= 0.6 is 0 Å². The summed E-state index contributed by atoms with van der Waals surface area (Å²) in [6, 6.07) is 5.30. The van der Waals surface area contributed by atoms with E-state index in [-0.39, 0.29) is 29.4 Å². The van der Waals surface area contributed by atoms with Gasteiger partial charge in [0.25, 0.3) is 0 Å².